The predicted octanol–water partition coefficient (Wildman–Crippen LogP) is 2.67. The van der Waals surface area contributed by atoms with Crippen LogP contribution in [0.3, 0.4) is 0 Å². The van der Waals surface area contributed by atoms with Crippen LogP contribution in [0.25, 0.3) is 0 Å². The summed E-state index contributed by atoms with van der Waals surface area (Å²) in [4.78, 5) is 4.39. The van der Waals surface area contributed by atoms with Gasteiger partial charge in [0.05, 0.1) is 13.2 Å². The second-order valence-corrected chi connectivity index (χ2v) is 5.22. The Balaban J connectivity index is 2.50. The fraction of sp³-hybridized carbons (Fsp3) is 0.562. The SMILES string of the molecule is CCOCc1ccccc1CN=C(N)NCCC(C)C. The average Bonchev–Trinajstić information content (AvgIpc) is 2.43. The maximum absolute atomic E-state index is 5.87. The first-order chi connectivity index (χ1) is 9.63. The van der Waals surface area contributed by atoms with Crippen LogP contribution < -0.4 is 11.1 Å². The van der Waals surface area contributed by atoms with Gasteiger partial charge in [-0.15, -0.1) is 0 Å². The second kappa shape index (κ2) is 9.37. The van der Waals surface area contributed by atoms with E-state index in [1.807, 2.05) is 19.1 Å². The van der Waals surface area contributed by atoms with Gasteiger partial charge >= 0.3 is 0 Å². The number of hydrogen-bond donors (Lipinski definition) is 2. The number of nitrogens with one attached hydrogen (secondary N) is 1. The third-order valence-electron chi connectivity index (χ3n) is 3.03. The van der Waals surface area contributed by atoms with Gasteiger partial charge < -0.3 is 15.8 Å². The summed E-state index contributed by atoms with van der Waals surface area (Å²) in [6.07, 6.45) is 1.09. The van der Waals surface area contributed by atoms with Crippen molar-refractivity contribution in [3.05, 3.63) is 35.4 Å². The molecular weight excluding hydrogens is 250 g/mol. The summed E-state index contributed by atoms with van der Waals surface area (Å²) in [5, 5.41) is 3.14. The topological polar surface area (TPSA) is 59.6 Å². The number of nitrogens with two attached hydrogens (primary N) is 1. The highest BCUT2D eigenvalue weighted by Gasteiger charge is 2.01. The van der Waals surface area contributed by atoms with Gasteiger partial charge in [-0.2, -0.15) is 0 Å². The van der Waals surface area contributed by atoms with Crippen molar-refractivity contribution in [3.8, 4) is 0 Å². The quantitative estimate of drug-likeness (QED) is 0.567. The molecule has 1 aromatic rings. The number of guanidine groups is 1. The summed E-state index contributed by atoms with van der Waals surface area (Å²) in [6, 6.07) is 8.18. The minimum absolute atomic E-state index is 0.511. The molecule has 0 aliphatic heterocycles. The molecule has 0 spiro atoms. The molecule has 0 aromatic heterocycles. The maximum atomic E-state index is 5.87. The zero-order chi connectivity index (χ0) is 14.8. The molecule has 0 unspecified atom stereocenters. The minimum Gasteiger partial charge on any atom is -0.377 e. The number of nitrogens with zero attached hydrogens (tertiary/aromatic N) is 1. The van der Waals surface area contributed by atoms with E-state index in [1.54, 1.807) is 0 Å². The summed E-state index contributed by atoms with van der Waals surface area (Å²) >= 11 is 0. The Hall–Kier alpha value is -1.55. The smallest absolute Gasteiger partial charge is 0.188 e. The van der Waals surface area contributed by atoms with E-state index < -0.39 is 0 Å². The largest absolute Gasteiger partial charge is 0.377 e. The zero-order valence-electron chi connectivity index (χ0n) is 12.9. The molecular formula is C16H27N3O. The van der Waals surface area contributed by atoms with Gasteiger partial charge in [-0.3, -0.25) is 0 Å². The van der Waals surface area contributed by atoms with Crippen LogP contribution in [-0.4, -0.2) is 19.1 Å². The standard InChI is InChI=1S/C16H27N3O/c1-4-20-12-15-8-6-5-7-14(15)11-19-16(17)18-10-9-13(2)3/h5-8,13H,4,9-12H2,1-3H3,(H3,17,18,19). The number of rotatable bonds is 8. The van der Waals surface area contributed by atoms with Crippen LogP contribution in [0.1, 0.15) is 38.3 Å². The van der Waals surface area contributed by atoms with Crippen molar-refractivity contribution in [2.75, 3.05) is 13.2 Å². The van der Waals surface area contributed by atoms with Crippen LogP contribution in [0.15, 0.2) is 29.3 Å². The Kier molecular flexibility index (Phi) is 7.73. The van der Waals surface area contributed by atoms with Crippen LogP contribution in [0.5, 0.6) is 0 Å². The van der Waals surface area contributed by atoms with E-state index >= 15 is 0 Å². The molecule has 0 aliphatic carbocycles. The Bertz CT molecular complexity index is 416. The third kappa shape index (κ3) is 6.57. The lowest BCUT2D eigenvalue weighted by Gasteiger charge is -2.09. The van der Waals surface area contributed by atoms with Crippen molar-refractivity contribution < 1.29 is 4.74 Å². The molecule has 0 heterocycles. The molecule has 0 amide bonds. The van der Waals surface area contributed by atoms with Crippen molar-refractivity contribution >= 4 is 5.96 Å². The van der Waals surface area contributed by atoms with Crippen LogP contribution >= 0.6 is 0 Å². The highest BCUT2D eigenvalue weighted by Crippen LogP contribution is 2.11. The van der Waals surface area contributed by atoms with Gasteiger partial charge in [-0.05, 0) is 30.4 Å². The number of benzene rings is 1. The zero-order valence-corrected chi connectivity index (χ0v) is 12.9. The van der Waals surface area contributed by atoms with Gasteiger partial charge in [0.1, 0.15) is 0 Å². The van der Waals surface area contributed by atoms with E-state index in [0.717, 1.165) is 25.1 Å². The first-order valence-corrected chi connectivity index (χ1v) is 7.31. The van der Waals surface area contributed by atoms with Crippen LogP contribution in [0, 0.1) is 5.92 Å². The minimum atomic E-state index is 0.511. The van der Waals surface area contributed by atoms with E-state index in [9.17, 15) is 0 Å². The molecule has 0 aliphatic rings. The molecule has 4 nitrogen and oxygen atoms in total. The van der Waals surface area contributed by atoms with Crippen molar-refractivity contribution in [1.29, 1.82) is 0 Å². The van der Waals surface area contributed by atoms with Crippen molar-refractivity contribution in [3.63, 3.8) is 0 Å². The highest BCUT2D eigenvalue weighted by molar-refractivity contribution is 5.77. The van der Waals surface area contributed by atoms with Gasteiger partial charge in [0.15, 0.2) is 5.96 Å². The Morgan fingerprint density at radius 1 is 1.30 bits per heavy atom. The molecule has 0 atom stereocenters. The summed E-state index contributed by atoms with van der Waals surface area (Å²) in [5.74, 6) is 1.18. The van der Waals surface area contributed by atoms with E-state index in [4.69, 9.17) is 10.5 Å². The Labute approximate surface area is 122 Å². The van der Waals surface area contributed by atoms with Gasteiger partial charge in [0.25, 0.3) is 0 Å². The molecule has 0 bridgehead atoms. The molecule has 112 valence electrons. The summed E-state index contributed by atoms with van der Waals surface area (Å²) in [5.41, 5.74) is 8.20. The van der Waals surface area contributed by atoms with E-state index in [-0.39, 0.29) is 0 Å². The monoisotopic (exact) mass is 277 g/mol. The lowest BCUT2D eigenvalue weighted by atomic mass is 10.1. The molecule has 4 heteroatoms. The van der Waals surface area contributed by atoms with Gasteiger partial charge in [-0.25, -0.2) is 4.99 Å². The lowest BCUT2D eigenvalue weighted by molar-refractivity contribution is 0.133. The van der Waals surface area contributed by atoms with Crippen molar-refractivity contribution in [1.82, 2.24) is 5.32 Å². The fourth-order valence-electron chi connectivity index (χ4n) is 1.78. The number of ether oxygens (including phenoxy) is 1. The maximum Gasteiger partial charge on any atom is 0.188 e. The molecule has 0 saturated carbocycles. The summed E-state index contributed by atoms with van der Waals surface area (Å²) in [7, 11) is 0. The second-order valence-electron chi connectivity index (χ2n) is 5.22. The number of aliphatic imine (C=N–C) groups is 1. The summed E-state index contributed by atoms with van der Waals surface area (Å²) in [6.45, 7) is 9.19. The molecule has 1 aromatic carbocycles. The van der Waals surface area contributed by atoms with Crippen molar-refractivity contribution in [2.45, 2.75) is 40.3 Å². The molecule has 3 N–H and O–H groups in total. The number of hydrogen-bond acceptors (Lipinski definition) is 2. The van der Waals surface area contributed by atoms with Gasteiger partial charge in [-0.1, -0.05) is 38.1 Å². The molecule has 20 heavy (non-hydrogen) atoms. The average molecular weight is 277 g/mol. The van der Waals surface area contributed by atoms with Crippen LogP contribution in [0.4, 0.5) is 0 Å². The first-order valence-electron chi connectivity index (χ1n) is 7.31. The first kappa shape index (κ1) is 16.5. The normalized spacial score (nSPS) is 11.9. The third-order valence-corrected chi connectivity index (χ3v) is 3.03. The lowest BCUT2D eigenvalue weighted by Crippen LogP contribution is -2.32. The predicted molar refractivity (Wildman–Crippen MR) is 84.6 cm³/mol. The van der Waals surface area contributed by atoms with Crippen molar-refractivity contribution in [2.24, 2.45) is 16.6 Å². The van der Waals surface area contributed by atoms with Gasteiger partial charge in [0, 0.05) is 13.2 Å². The molecule has 0 fully saturated rings. The Morgan fingerprint density at radius 3 is 2.65 bits per heavy atom. The molecule has 1 rings (SSSR count). The molecule has 0 radical (unpaired) electrons. The fourth-order valence-corrected chi connectivity index (χ4v) is 1.78. The van der Waals surface area contributed by atoms with E-state index in [1.165, 1.54) is 5.56 Å². The van der Waals surface area contributed by atoms with E-state index in [0.29, 0.717) is 25.0 Å². The van der Waals surface area contributed by atoms with Gasteiger partial charge in [0.2, 0.25) is 0 Å². The highest BCUT2D eigenvalue weighted by atomic mass is 16.5. The van der Waals surface area contributed by atoms with Crippen LogP contribution in [0.2, 0.25) is 0 Å². The Morgan fingerprint density at radius 2 is 2.00 bits per heavy atom. The van der Waals surface area contributed by atoms with Crippen LogP contribution in [-0.2, 0) is 17.9 Å². The van der Waals surface area contributed by atoms with E-state index in [2.05, 4.69) is 36.3 Å². The molecule has 0 saturated heterocycles. The summed E-state index contributed by atoms with van der Waals surface area (Å²) < 4.78 is 5.46.